The Hall–Kier alpha value is -2.16. The number of benzene rings is 1. The predicted octanol–water partition coefficient (Wildman–Crippen LogP) is 3.97. The highest BCUT2D eigenvalue weighted by Crippen LogP contribution is 2.36. The number of aromatic nitrogens is 2. The van der Waals surface area contributed by atoms with Crippen molar-refractivity contribution in [3.05, 3.63) is 50.6 Å². The number of fused-ring (bicyclic) bond motifs is 3. The minimum Gasteiger partial charge on any atom is -0.378 e. The molecule has 0 saturated carbocycles. The smallest absolute Gasteiger partial charge is 0.267 e. The molecule has 6 nitrogen and oxygen atoms in total. The topological polar surface area (TPSA) is 64.4 Å². The maximum atomic E-state index is 13.9. The number of hydrogen-bond acceptors (Lipinski definition) is 6. The summed E-state index contributed by atoms with van der Waals surface area (Å²) in [6.45, 7) is 6.28. The highest BCUT2D eigenvalue weighted by atomic mass is 32.2. The molecule has 8 heteroatoms. The lowest BCUT2D eigenvalue weighted by Crippen LogP contribution is -2.44. The van der Waals surface area contributed by atoms with E-state index in [1.807, 2.05) is 43.0 Å². The normalized spacial score (nSPS) is 17.4. The van der Waals surface area contributed by atoms with Crippen LogP contribution in [0.15, 0.2) is 34.2 Å². The minimum atomic E-state index is -0.344. The molecule has 3 heterocycles. The van der Waals surface area contributed by atoms with Crippen molar-refractivity contribution >= 4 is 39.2 Å². The summed E-state index contributed by atoms with van der Waals surface area (Å²) in [5.41, 5.74) is 3.04. The van der Waals surface area contributed by atoms with Crippen molar-refractivity contribution < 1.29 is 9.53 Å². The van der Waals surface area contributed by atoms with Crippen LogP contribution in [0.5, 0.6) is 0 Å². The lowest BCUT2D eigenvalue weighted by Gasteiger charge is -2.29. The van der Waals surface area contributed by atoms with Crippen LogP contribution in [0.4, 0.5) is 0 Å². The summed E-state index contributed by atoms with van der Waals surface area (Å²) in [5.74, 6) is 0.0638. The number of rotatable bonds is 4. The van der Waals surface area contributed by atoms with E-state index in [1.165, 1.54) is 28.6 Å². The molecule has 1 aliphatic carbocycles. The van der Waals surface area contributed by atoms with Gasteiger partial charge in [-0.25, -0.2) is 4.98 Å². The molecule has 1 atom stereocenters. The van der Waals surface area contributed by atoms with Crippen molar-refractivity contribution in [2.75, 3.05) is 26.3 Å². The van der Waals surface area contributed by atoms with Gasteiger partial charge in [0.25, 0.3) is 5.56 Å². The molecule has 168 valence electrons. The summed E-state index contributed by atoms with van der Waals surface area (Å²) < 4.78 is 7.10. The zero-order valence-electron chi connectivity index (χ0n) is 18.4. The van der Waals surface area contributed by atoms with Gasteiger partial charge < -0.3 is 9.64 Å². The van der Waals surface area contributed by atoms with Crippen molar-refractivity contribution in [3.63, 3.8) is 0 Å². The van der Waals surface area contributed by atoms with Gasteiger partial charge in [0.1, 0.15) is 4.83 Å². The second-order valence-corrected chi connectivity index (χ2v) is 10.9. The fraction of sp³-hybridized carbons (Fsp3) is 0.458. The van der Waals surface area contributed by atoms with E-state index in [9.17, 15) is 9.59 Å². The van der Waals surface area contributed by atoms with Gasteiger partial charge in [-0.15, -0.1) is 11.3 Å². The number of thioether (sulfide) groups is 1. The number of nitrogens with zero attached hydrogens (tertiary/aromatic N) is 3. The Bertz CT molecular complexity index is 1230. The van der Waals surface area contributed by atoms with Gasteiger partial charge in [-0.05, 0) is 62.8 Å². The van der Waals surface area contributed by atoms with E-state index >= 15 is 0 Å². The zero-order chi connectivity index (χ0) is 22.2. The first-order valence-corrected chi connectivity index (χ1v) is 12.9. The maximum Gasteiger partial charge on any atom is 0.267 e. The Kier molecular flexibility index (Phi) is 6.09. The zero-order valence-corrected chi connectivity index (χ0v) is 20.1. The van der Waals surface area contributed by atoms with Crippen molar-refractivity contribution in [2.45, 2.75) is 49.9 Å². The van der Waals surface area contributed by atoms with Crippen LogP contribution < -0.4 is 5.56 Å². The van der Waals surface area contributed by atoms with Crippen LogP contribution in [-0.4, -0.2) is 51.9 Å². The molecule has 1 unspecified atom stereocenters. The molecular formula is C24H27N3O3S2. The number of ether oxygens (including phenoxy) is 1. The quantitative estimate of drug-likeness (QED) is 0.427. The molecule has 1 fully saturated rings. The van der Waals surface area contributed by atoms with Crippen molar-refractivity contribution in [2.24, 2.45) is 0 Å². The molecule has 3 aromatic rings. The number of aryl methyl sites for hydroxylation is 3. The Morgan fingerprint density at radius 3 is 2.78 bits per heavy atom. The highest BCUT2D eigenvalue weighted by molar-refractivity contribution is 8.00. The number of amides is 1. The summed E-state index contributed by atoms with van der Waals surface area (Å²) in [6.07, 6.45) is 4.25. The van der Waals surface area contributed by atoms with Crippen molar-refractivity contribution in [1.29, 1.82) is 0 Å². The van der Waals surface area contributed by atoms with Crippen LogP contribution in [0.2, 0.25) is 0 Å². The summed E-state index contributed by atoms with van der Waals surface area (Å²) in [7, 11) is 0. The van der Waals surface area contributed by atoms with E-state index in [4.69, 9.17) is 9.72 Å². The maximum absolute atomic E-state index is 13.9. The minimum absolute atomic E-state index is 0.0199. The van der Waals surface area contributed by atoms with Gasteiger partial charge in [-0.2, -0.15) is 0 Å². The summed E-state index contributed by atoms with van der Waals surface area (Å²) in [4.78, 5) is 35.8. The van der Waals surface area contributed by atoms with E-state index in [2.05, 4.69) is 0 Å². The first kappa shape index (κ1) is 21.7. The van der Waals surface area contributed by atoms with Crippen LogP contribution in [0.1, 0.15) is 35.8 Å². The first-order chi connectivity index (χ1) is 15.5. The molecule has 0 bridgehead atoms. The number of hydrogen-bond donors (Lipinski definition) is 0. The van der Waals surface area contributed by atoms with E-state index in [0.29, 0.717) is 31.5 Å². The molecule has 2 aromatic heterocycles. The average molecular weight is 470 g/mol. The van der Waals surface area contributed by atoms with Crippen LogP contribution >= 0.6 is 23.1 Å². The third-order valence-electron chi connectivity index (χ3n) is 6.17. The van der Waals surface area contributed by atoms with Gasteiger partial charge in [-0.3, -0.25) is 14.2 Å². The summed E-state index contributed by atoms with van der Waals surface area (Å²) >= 11 is 3.02. The molecule has 2 aliphatic rings. The molecular weight excluding hydrogens is 442 g/mol. The van der Waals surface area contributed by atoms with Gasteiger partial charge in [0, 0.05) is 18.0 Å². The lowest BCUT2D eigenvalue weighted by molar-refractivity contribution is -0.134. The van der Waals surface area contributed by atoms with Gasteiger partial charge in [0.2, 0.25) is 5.91 Å². The molecule has 0 radical (unpaired) electrons. The third kappa shape index (κ3) is 4.00. The lowest BCUT2D eigenvalue weighted by atomic mass is 9.97. The third-order valence-corrected chi connectivity index (χ3v) is 8.40. The predicted molar refractivity (Wildman–Crippen MR) is 129 cm³/mol. The van der Waals surface area contributed by atoms with Gasteiger partial charge in [0.15, 0.2) is 5.16 Å². The van der Waals surface area contributed by atoms with Crippen LogP contribution in [0.25, 0.3) is 15.9 Å². The van der Waals surface area contributed by atoms with E-state index in [1.54, 1.807) is 15.9 Å². The molecule has 1 amide bonds. The van der Waals surface area contributed by atoms with Crippen molar-refractivity contribution in [3.8, 4) is 5.69 Å². The van der Waals surface area contributed by atoms with Crippen LogP contribution in [-0.2, 0) is 22.4 Å². The van der Waals surface area contributed by atoms with Gasteiger partial charge in [-0.1, -0.05) is 23.9 Å². The van der Waals surface area contributed by atoms with Crippen LogP contribution in [0.3, 0.4) is 0 Å². The fourth-order valence-electron chi connectivity index (χ4n) is 4.51. The van der Waals surface area contributed by atoms with Gasteiger partial charge >= 0.3 is 0 Å². The van der Waals surface area contributed by atoms with E-state index < -0.39 is 0 Å². The standard InChI is InChI=1S/C24H27N3O3S2/c1-15-6-5-7-17(14-15)27-23(29)20-18-8-3-4-9-19(18)32-21(20)25-24(27)31-16(2)22(28)26-10-12-30-13-11-26/h5-7,14,16H,3-4,8-13H2,1-2H3. The van der Waals surface area contributed by atoms with E-state index in [0.717, 1.165) is 40.7 Å². The second kappa shape index (κ2) is 9.00. The Morgan fingerprint density at radius 2 is 2.00 bits per heavy atom. The Morgan fingerprint density at radius 1 is 1.22 bits per heavy atom. The first-order valence-electron chi connectivity index (χ1n) is 11.2. The fourth-order valence-corrected chi connectivity index (χ4v) is 6.82. The number of carbonyl (C=O) groups is 1. The Balaban J connectivity index is 1.61. The molecule has 0 N–H and O–H groups in total. The number of carbonyl (C=O) groups excluding carboxylic acids is 1. The molecule has 1 aliphatic heterocycles. The molecule has 5 rings (SSSR count). The van der Waals surface area contributed by atoms with Gasteiger partial charge in [0.05, 0.1) is 29.5 Å². The average Bonchev–Trinajstić information content (AvgIpc) is 3.18. The number of thiophene rings is 1. The summed E-state index contributed by atoms with van der Waals surface area (Å²) in [6, 6.07) is 7.93. The largest absolute Gasteiger partial charge is 0.378 e. The number of morpholine rings is 1. The SMILES string of the molecule is Cc1cccc(-n2c(SC(C)C(=O)N3CCOCC3)nc3sc4c(c3c2=O)CCCC4)c1. The molecule has 32 heavy (non-hydrogen) atoms. The van der Waals surface area contributed by atoms with E-state index in [-0.39, 0.29) is 16.7 Å². The molecule has 1 saturated heterocycles. The Labute approximate surface area is 195 Å². The summed E-state index contributed by atoms with van der Waals surface area (Å²) in [5, 5.41) is 1.01. The monoisotopic (exact) mass is 469 g/mol. The highest BCUT2D eigenvalue weighted by Gasteiger charge is 2.27. The second-order valence-electron chi connectivity index (χ2n) is 8.46. The van der Waals surface area contributed by atoms with Crippen molar-refractivity contribution in [1.82, 2.24) is 14.5 Å². The van der Waals surface area contributed by atoms with Crippen LogP contribution in [0, 0.1) is 6.92 Å². The molecule has 0 spiro atoms. The molecule has 1 aromatic carbocycles.